The number of rotatable bonds is 2. The summed E-state index contributed by atoms with van der Waals surface area (Å²) < 4.78 is 0. The second-order valence-corrected chi connectivity index (χ2v) is 0.887. The molecule has 0 saturated carbocycles. The third kappa shape index (κ3) is 22.3. The Bertz CT molecular complexity index is 95.8. The quantitative estimate of drug-likeness (QED) is 0.423. The lowest BCUT2D eigenvalue weighted by atomic mass is 10.4. The lowest BCUT2D eigenvalue weighted by Crippen LogP contribution is -1.88. The average molecular weight is 112 g/mol. The van der Waals surface area contributed by atoms with Gasteiger partial charge in [-0.2, -0.15) is 0 Å². The Labute approximate surface area is 47.9 Å². The first-order valence-corrected chi connectivity index (χ1v) is 1.82. The molecule has 1 N–H and O–H groups in total. The summed E-state index contributed by atoms with van der Waals surface area (Å²) in [7, 11) is 0. The van der Waals surface area contributed by atoms with Gasteiger partial charge in [-0.05, 0) is 0 Å². The minimum atomic E-state index is -0.829. The average Bonchev–Trinajstić information content (AvgIpc) is 1.72. The van der Waals surface area contributed by atoms with Crippen LogP contribution in [0.2, 0.25) is 0 Å². The van der Waals surface area contributed by atoms with Crippen LogP contribution in [-0.2, 0) is 4.79 Å². The first-order chi connectivity index (χ1) is 3.77. The highest BCUT2D eigenvalue weighted by molar-refractivity contribution is 5.68. The minimum Gasteiger partial charge on any atom is -0.512 e. The number of carboxylic acids is 1. The van der Waals surface area contributed by atoms with Crippen LogP contribution in [-0.4, -0.2) is 11.1 Å². The summed E-state index contributed by atoms with van der Waals surface area (Å²) in [6.45, 7) is 7.97. The third-order valence-electron chi connectivity index (χ3n) is 0.319. The lowest BCUT2D eigenvalue weighted by molar-refractivity contribution is -0.135. The summed E-state index contributed by atoms with van der Waals surface area (Å²) in [5.41, 5.74) is 0. The summed E-state index contributed by atoms with van der Waals surface area (Å²) in [4.78, 5) is 9.53. The molecule has 0 bridgehead atoms. The molecule has 0 aromatic heterocycles. The maximum atomic E-state index is 9.53. The predicted molar refractivity (Wildman–Crippen MR) is 27.4 cm³/mol. The van der Waals surface area contributed by atoms with E-state index < -0.39 is 5.97 Å². The monoisotopic (exact) mass is 112 g/mol. The maximum absolute atomic E-state index is 9.53. The third-order valence-corrected chi connectivity index (χ3v) is 0.319. The van der Waals surface area contributed by atoms with E-state index in [-0.39, 0.29) is 6.42 Å². The van der Waals surface area contributed by atoms with Crippen LogP contribution in [0.5, 0.6) is 0 Å². The second kappa shape index (κ2) is 9.20. The molecular formula is C5H6NO2-. The fourth-order valence-corrected chi connectivity index (χ4v) is 0.123. The number of carboxylic acid groups (broad SMARTS) is 1. The van der Waals surface area contributed by atoms with Crippen molar-refractivity contribution in [1.29, 1.82) is 5.26 Å². The number of nitrogens with zero attached hydrogens (tertiary/aromatic N) is 1. The summed E-state index contributed by atoms with van der Waals surface area (Å²) in [6.07, 6.45) is 1.41. The van der Waals surface area contributed by atoms with Gasteiger partial charge in [0.15, 0.2) is 0 Å². The van der Waals surface area contributed by atoms with Crippen LogP contribution in [0.1, 0.15) is 6.42 Å². The smallest absolute Gasteiger partial charge is 0.307 e. The predicted octanol–water partition coefficient (Wildman–Crippen LogP) is 0.743. The van der Waals surface area contributed by atoms with Crippen LogP contribution >= 0.6 is 0 Å². The van der Waals surface area contributed by atoms with Gasteiger partial charge in [-0.1, -0.05) is 6.08 Å². The Morgan fingerprint density at radius 3 is 2.25 bits per heavy atom. The van der Waals surface area contributed by atoms with Crippen molar-refractivity contribution >= 4 is 5.97 Å². The maximum Gasteiger partial charge on any atom is 0.307 e. The number of aliphatic carboxylic acids is 1. The molecule has 0 rings (SSSR count). The molecule has 0 heterocycles. The van der Waals surface area contributed by atoms with Crippen LogP contribution in [0.25, 0.3) is 0 Å². The van der Waals surface area contributed by atoms with Gasteiger partial charge in [0.05, 0.1) is 6.42 Å². The minimum absolute atomic E-state index is 0.0556. The first-order valence-electron chi connectivity index (χ1n) is 1.82. The van der Waals surface area contributed by atoms with E-state index in [1.54, 1.807) is 0 Å². The van der Waals surface area contributed by atoms with E-state index in [2.05, 4.69) is 6.58 Å². The highest BCUT2D eigenvalue weighted by atomic mass is 16.4. The zero-order valence-corrected chi connectivity index (χ0v) is 4.29. The fraction of sp³-hybridized carbons (Fsp3) is 0.200. The van der Waals surface area contributed by atoms with E-state index in [0.717, 1.165) is 0 Å². The van der Waals surface area contributed by atoms with Crippen LogP contribution in [0.3, 0.4) is 0 Å². The van der Waals surface area contributed by atoms with Crippen molar-refractivity contribution in [3.63, 3.8) is 0 Å². The Kier molecular flexibility index (Phi) is 11.3. The first kappa shape index (κ1) is 9.85. The molecule has 0 saturated heterocycles. The van der Waals surface area contributed by atoms with E-state index in [4.69, 9.17) is 16.9 Å². The van der Waals surface area contributed by atoms with Crippen LogP contribution in [0.4, 0.5) is 0 Å². The largest absolute Gasteiger partial charge is 0.512 e. The Hall–Kier alpha value is -1.30. The van der Waals surface area contributed by atoms with Crippen LogP contribution in [0.15, 0.2) is 12.7 Å². The van der Waals surface area contributed by atoms with E-state index in [1.807, 2.05) is 0 Å². The molecule has 0 aromatic carbocycles. The summed E-state index contributed by atoms with van der Waals surface area (Å²) in [5, 5.41) is 14.1. The molecule has 0 amide bonds. The van der Waals surface area contributed by atoms with Gasteiger partial charge < -0.3 is 16.9 Å². The van der Waals surface area contributed by atoms with Gasteiger partial charge in [-0.15, -0.1) is 6.58 Å². The zero-order chi connectivity index (χ0) is 6.99. The molecule has 3 heteroatoms. The molecule has 0 aliphatic heterocycles. The second-order valence-electron chi connectivity index (χ2n) is 0.887. The Balaban J connectivity index is 0. The van der Waals surface area contributed by atoms with E-state index in [9.17, 15) is 4.79 Å². The fourth-order valence-electron chi connectivity index (χ4n) is 0.123. The van der Waals surface area contributed by atoms with Gasteiger partial charge in [-0.25, -0.2) is 0 Å². The standard InChI is InChI=1S/C4H6O2.CN/c1-2-3-4(5)6;1-2/h2H,1,3H2,(H,5,6);/q;-1. The summed E-state index contributed by atoms with van der Waals surface area (Å²) >= 11 is 0. The molecule has 0 fully saturated rings. The van der Waals surface area contributed by atoms with Gasteiger partial charge in [0.2, 0.25) is 0 Å². The number of hydrogen-bond acceptors (Lipinski definition) is 2. The SMILES string of the molecule is C=CCC(=O)O.[C-]#N. The number of hydrogen-bond donors (Lipinski definition) is 1. The van der Waals surface area contributed by atoms with Gasteiger partial charge >= 0.3 is 5.97 Å². The molecule has 0 atom stereocenters. The van der Waals surface area contributed by atoms with Crippen molar-refractivity contribution in [1.82, 2.24) is 0 Å². The van der Waals surface area contributed by atoms with Crippen molar-refractivity contribution in [3.05, 3.63) is 19.2 Å². The Morgan fingerprint density at radius 2 is 2.25 bits per heavy atom. The van der Waals surface area contributed by atoms with E-state index in [0.29, 0.717) is 0 Å². The van der Waals surface area contributed by atoms with Gasteiger partial charge in [-0.3, -0.25) is 4.79 Å². The van der Waals surface area contributed by atoms with E-state index >= 15 is 0 Å². The highest BCUT2D eigenvalue weighted by Crippen LogP contribution is 1.74. The van der Waals surface area contributed by atoms with Crippen molar-refractivity contribution in [2.45, 2.75) is 6.42 Å². The molecular weight excluding hydrogens is 106 g/mol. The molecule has 8 heavy (non-hydrogen) atoms. The molecule has 0 aliphatic carbocycles. The molecule has 3 nitrogen and oxygen atoms in total. The van der Waals surface area contributed by atoms with Crippen molar-refractivity contribution in [3.8, 4) is 0 Å². The molecule has 0 spiro atoms. The van der Waals surface area contributed by atoms with Crippen LogP contribution in [0, 0.1) is 11.8 Å². The normalized spacial score (nSPS) is 5.75. The highest BCUT2D eigenvalue weighted by Gasteiger charge is 1.84. The summed E-state index contributed by atoms with van der Waals surface area (Å²) in [6, 6.07) is 0. The molecule has 44 valence electrons. The molecule has 0 aliphatic rings. The van der Waals surface area contributed by atoms with Crippen molar-refractivity contribution < 1.29 is 9.90 Å². The Morgan fingerprint density at radius 1 is 1.88 bits per heavy atom. The summed E-state index contributed by atoms with van der Waals surface area (Å²) in [5.74, 6) is -0.829. The zero-order valence-electron chi connectivity index (χ0n) is 4.29. The lowest BCUT2D eigenvalue weighted by Gasteiger charge is -1.75. The van der Waals surface area contributed by atoms with Crippen LogP contribution < -0.4 is 0 Å². The molecule has 0 radical (unpaired) electrons. The topological polar surface area (TPSA) is 61.1 Å². The van der Waals surface area contributed by atoms with Gasteiger partial charge in [0, 0.05) is 0 Å². The molecule has 0 aromatic rings. The molecule has 0 unspecified atom stereocenters. The van der Waals surface area contributed by atoms with Gasteiger partial charge in [0.25, 0.3) is 0 Å². The van der Waals surface area contributed by atoms with Gasteiger partial charge in [0.1, 0.15) is 0 Å². The van der Waals surface area contributed by atoms with Crippen molar-refractivity contribution in [2.75, 3.05) is 0 Å². The van der Waals surface area contributed by atoms with E-state index in [1.165, 1.54) is 6.08 Å². The van der Waals surface area contributed by atoms with Crippen molar-refractivity contribution in [2.24, 2.45) is 0 Å². The number of carbonyl (C=O) groups is 1.